The molecule has 1 aromatic heterocycles. The molecule has 0 atom stereocenters. The van der Waals surface area contributed by atoms with Gasteiger partial charge in [-0.1, -0.05) is 18.2 Å². The molecule has 4 N–H and O–H groups in total. The zero-order chi connectivity index (χ0) is 18.1. The Morgan fingerprint density at radius 3 is 2.84 bits per heavy atom. The highest BCUT2D eigenvalue weighted by Gasteiger charge is 2.00. The Labute approximate surface area is 149 Å². The summed E-state index contributed by atoms with van der Waals surface area (Å²) in [6, 6.07) is 9.29. The van der Waals surface area contributed by atoms with Crippen LogP contribution in [0.1, 0.15) is 29.7 Å². The number of aryl methyl sites for hydroxylation is 2. The van der Waals surface area contributed by atoms with Crippen LogP contribution in [0.4, 0.5) is 5.82 Å². The van der Waals surface area contributed by atoms with Crippen molar-refractivity contribution in [3.63, 3.8) is 0 Å². The van der Waals surface area contributed by atoms with E-state index in [1.807, 2.05) is 31.2 Å². The molecular weight excluding hydrogens is 314 g/mol. The molecule has 2 aromatic rings. The third kappa shape index (κ3) is 6.47. The maximum absolute atomic E-state index is 9.57. The highest BCUT2D eigenvalue weighted by atomic mass is 16.5. The molecule has 0 aliphatic carbocycles. The van der Waals surface area contributed by atoms with Gasteiger partial charge in [0, 0.05) is 12.2 Å². The van der Waals surface area contributed by atoms with Crippen LogP contribution in [-0.4, -0.2) is 30.3 Å². The fourth-order valence-electron chi connectivity index (χ4n) is 2.63. The van der Waals surface area contributed by atoms with Crippen LogP contribution in [0.15, 0.2) is 36.4 Å². The first-order valence-corrected chi connectivity index (χ1v) is 8.56. The van der Waals surface area contributed by atoms with E-state index in [1.165, 1.54) is 0 Å². The van der Waals surface area contributed by atoms with Crippen molar-refractivity contribution in [2.75, 3.05) is 25.9 Å². The number of benzene rings is 1. The molecule has 0 radical (unpaired) electrons. The summed E-state index contributed by atoms with van der Waals surface area (Å²) in [5.74, 6) is 1.24. The van der Waals surface area contributed by atoms with Gasteiger partial charge in [0.25, 0.3) is 0 Å². The number of nitrogens with two attached hydrogens (primary N) is 1. The number of phenols is 1. The Kier molecular flexibility index (Phi) is 7.29. The van der Waals surface area contributed by atoms with E-state index in [4.69, 9.17) is 10.5 Å². The maximum Gasteiger partial charge on any atom is 0.161 e. The number of anilines is 1. The van der Waals surface area contributed by atoms with E-state index in [1.54, 1.807) is 13.2 Å². The molecule has 0 spiro atoms. The lowest BCUT2D eigenvalue weighted by Crippen LogP contribution is -2.15. The molecule has 5 heteroatoms. The second kappa shape index (κ2) is 9.69. The van der Waals surface area contributed by atoms with Gasteiger partial charge in [-0.25, -0.2) is 4.98 Å². The van der Waals surface area contributed by atoms with Gasteiger partial charge in [0.05, 0.1) is 7.11 Å². The number of unbranched alkanes of at least 4 members (excludes halogenated alkanes) is 1. The molecular formula is C20H27N3O2. The van der Waals surface area contributed by atoms with E-state index in [-0.39, 0.29) is 5.75 Å². The van der Waals surface area contributed by atoms with Gasteiger partial charge in [-0.2, -0.15) is 0 Å². The van der Waals surface area contributed by atoms with Crippen molar-refractivity contribution in [1.82, 2.24) is 10.3 Å². The predicted molar refractivity (Wildman–Crippen MR) is 103 cm³/mol. The number of aromatic hydroxyl groups is 1. The van der Waals surface area contributed by atoms with E-state index in [9.17, 15) is 5.11 Å². The van der Waals surface area contributed by atoms with E-state index >= 15 is 0 Å². The lowest BCUT2D eigenvalue weighted by Gasteiger charge is -2.05. The van der Waals surface area contributed by atoms with Crippen molar-refractivity contribution in [1.29, 1.82) is 0 Å². The normalized spacial score (nSPS) is 11.1. The van der Waals surface area contributed by atoms with Crippen LogP contribution in [0.2, 0.25) is 0 Å². The fraction of sp³-hybridized carbons (Fsp3) is 0.350. The quantitative estimate of drug-likeness (QED) is 0.610. The molecule has 0 saturated carbocycles. The van der Waals surface area contributed by atoms with E-state index < -0.39 is 0 Å². The van der Waals surface area contributed by atoms with Crippen LogP contribution < -0.4 is 15.8 Å². The molecule has 0 amide bonds. The first-order chi connectivity index (χ1) is 12.1. The van der Waals surface area contributed by atoms with Gasteiger partial charge in [-0.15, -0.1) is 0 Å². The topological polar surface area (TPSA) is 80.4 Å². The number of methoxy groups -OCH3 is 1. The van der Waals surface area contributed by atoms with Gasteiger partial charge in [0.15, 0.2) is 11.5 Å². The van der Waals surface area contributed by atoms with Crippen LogP contribution in [0.5, 0.6) is 11.5 Å². The van der Waals surface area contributed by atoms with Crippen molar-refractivity contribution in [2.45, 2.75) is 26.2 Å². The van der Waals surface area contributed by atoms with Crippen LogP contribution >= 0.6 is 0 Å². The van der Waals surface area contributed by atoms with Crippen molar-refractivity contribution < 1.29 is 9.84 Å². The van der Waals surface area contributed by atoms with E-state index in [0.717, 1.165) is 49.2 Å². The van der Waals surface area contributed by atoms with Crippen molar-refractivity contribution >= 4 is 11.9 Å². The summed E-state index contributed by atoms with van der Waals surface area (Å²) in [7, 11) is 1.55. The second-order valence-corrected chi connectivity index (χ2v) is 6.06. The minimum Gasteiger partial charge on any atom is -0.504 e. The van der Waals surface area contributed by atoms with Gasteiger partial charge in [-0.05, 0) is 68.1 Å². The smallest absolute Gasteiger partial charge is 0.161 e. The molecule has 2 rings (SSSR count). The van der Waals surface area contributed by atoms with Gasteiger partial charge in [0.1, 0.15) is 5.82 Å². The molecule has 134 valence electrons. The highest BCUT2D eigenvalue weighted by Crippen LogP contribution is 2.26. The molecule has 0 aliphatic heterocycles. The first kappa shape index (κ1) is 18.8. The summed E-state index contributed by atoms with van der Waals surface area (Å²) in [6.45, 7) is 3.81. The van der Waals surface area contributed by atoms with E-state index in [2.05, 4.69) is 22.4 Å². The Morgan fingerprint density at radius 2 is 2.08 bits per heavy atom. The molecule has 1 aromatic carbocycles. The number of phenolic OH excluding ortho intramolecular Hbond substituents is 1. The molecule has 5 nitrogen and oxygen atoms in total. The van der Waals surface area contributed by atoms with Gasteiger partial charge < -0.3 is 20.9 Å². The molecule has 0 bridgehead atoms. The number of hydrogen-bond donors (Lipinski definition) is 3. The maximum atomic E-state index is 9.57. The number of nitrogens with one attached hydrogen (secondary N) is 1. The van der Waals surface area contributed by atoms with Crippen LogP contribution in [-0.2, 0) is 6.42 Å². The van der Waals surface area contributed by atoms with Crippen LogP contribution in [0.25, 0.3) is 6.08 Å². The third-order valence-corrected chi connectivity index (χ3v) is 3.86. The molecule has 0 aliphatic rings. The summed E-state index contributed by atoms with van der Waals surface area (Å²) < 4.78 is 5.10. The zero-order valence-electron chi connectivity index (χ0n) is 15.0. The number of pyridine rings is 1. The highest BCUT2D eigenvalue weighted by molar-refractivity contribution is 5.55. The van der Waals surface area contributed by atoms with Gasteiger partial charge in [0.2, 0.25) is 0 Å². The second-order valence-electron chi connectivity index (χ2n) is 6.06. The van der Waals surface area contributed by atoms with Gasteiger partial charge >= 0.3 is 0 Å². The average Bonchev–Trinajstić information content (AvgIpc) is 2.57. The monoisotopic (exact) mass is 341 g/mol. The molecule has 0 fully saturated rings. The average molecular weight is 341 g/mol. The fourth-order valence-corrected chi connectivity index (χ4v) is 2.63. The molecule has 1 heterocycles. The summed E-state index contributed by atoms with van der Waals surface area (Å²) in [6.07, 6.45) is 7.21. The number of nitrogen functional groups attached to an aromatic ring is 1. The number of hydrogen-bond acceptors (Lipinski definition) is 5. The molecule has 25 heavy (non-hydrogen) atoms. The first-order valence-electron chi connectivity index (χ1n) is 8.56. The molecule has 0 saturated heterocycles. The number of ether oxygens (including phenoxy) is 1. The van der Waals surface area contributed by atoms with Gasteiger partial charge in [-0.3, -0.25) is 0 Å². The minimum absolute atomic E-state index is 0.155. The minimum atomic E-state index is 0.155. The summed E-state index contributed by atoms with van der Waals surface area (Å²) >= 11 is 0. The Morgan fingerprint density at radius 1 is 1.24 bits per heavy atom. The largest absolute Gasteiger partial charge is 0.504 e. The summed E-state index contributed by atoms with van der Waals surface area (Å²) in [5, 5.41) is 13.0. The summed E-state index contributed by atoms with van der Waals surface area (Å²) in [5.41, 5.74) is 9.00. The predicted octanol–water partition coefficient (Wildman–Crippen LogP) is 3.31. The standard InChI is InChI=1S/C20H27N3O2/c1-15-12-17(23-20(21)13-15)7-3-4-10-22-11-5-6-16-8-9-18(24)19(14-16)25-2/h5-6,8-9,12-14,22,24H,3-4,7,10-11H2,1-2H3,(H2,21,23). The lowest BCUT2D eigenvalue weighted by atomic mass is 10.1. The van der Waals surface area contributed by atoms with Crippen molar-refractivity contribution in [3.05, 3.63) is 53.2 Å². The van der Waals surface area contributed by atoms with Crippen LogP contribution in [0, 0.1) is 6.92 Å². The van der Waals surface area contributed by atoms with Crippen LogP contribution in [0.3, 0.4) is 0 Å². The lowest BCUT2D eigenvalue weighted by molar-refractivity contribution is 0.373. The Balaban J connectivity index is 1.63. The SMILES string of the molecule is COc1cc(C=CCNCCCCc2cc(C)cc(N)n2)ccc1O. The number of aromatic nitrogens is 1. The van der Waals surface area contributed by atoms with Crippen molar-refractivity contribution in [3.8, 4) is 11.5 Å². The third-order valence-electron chi connectivity index (χ3n) is 3.86. The summed E-state index contributed by atoms with van der Waals surface area (Å²) in [4.78, 5) is 4.35. The molecule has 0 unspecified atom stereocenters. The zero-order valence-corrected chi connectivity index (χ0v) is 15.0. The Hall–Kier alpha value is -2.53. The van der Waals surface area contributed by atoms with Crippen molar-refractivity contribution in [2.24, 2.45) is 0 Å². The number of rotatable bonds is 9. The Bertz CT molecular complexity index is 694. The number of nitrogens with zero attached hydrogens (tertiary/aromatic N) is 1. The van der Waals surface area contributed by atoms with E-state index in [0.29, 0.717) is 11.6 Å².